The SMILES string of the molecule is CCC/C=C\C/C=C\CCCCCCCC(=O)OCCCCCCCCCCCCCCCCCCCC/C=C\CCCCCCCCCCCCCCCCCCCC(=O)NC(CO)C(O)/C=C/CCCCCCCCCCCCCCCCCC. The third-order valence-electron chi connectivity index (χ3n) is 18.3. The molecule has 3 N–H and O–H groups in total. The van der Waals surface area contributed by atoms with Gasteiger partial charge in [-0.25, -0.2) is 0 Å². The molecule has 0 radical (unpaired) electrons. The zero-order chi connectivity index (χ0) is 62.8. The summed E-state index contributed by atoms with van der Waals surface area (Å²) in [6.07, 6.45) is 101. The molecule has 0 aromatic carbocycles. The van der Waals surface area contributed by atoms with E-state index in [1.165, 1.54) is 353 Å². The summed E-state index contributed by atoms with van der Waals surface area (Å²) in [4.78, 5) is 24.6. The molecule has 1 amide bonds. The molecule has 0 bridgehead atoms. The number of hydrogen-bond donors (Lipinski definition) is 3. The van der Waals surface area contributed by atoms with E-state index in [0.29, 0.717) is 19.4 Å². The molecule has 0 saturated carbocycles. The predicted molar refractivity (Wildman–Crippen MR) is 384 cm³/mol. The van der Waals surface area contributed by atoms with Gasteiger partial charge in [0, 0.05) is 12.8 Å². The number of unbranched alkanes of at least 4 members (excludes halogenated alkanes) is 57. The average Bonchev–Trinajstić information content (AvgIpc) is 3.55. The molecule has 6 heteroatoms. The van der Waals surface area contributed by atoms with Crippen molar-refractivity contribution in [3.05, 3.63) is 48.6 Å². The van der Waals surface area contributed by atoms with E-state index in [1.54, 1.807) is 6.08 Å². The number of esters is 1. The zero-order valence-corrected chi connectivity index (χ0v) is 58.8. The molecular weight excluding hydrogens is 1070 g/mol. The molecule has 87 heavy (non-hydrogen) atoms. The second kappa shape index (κ2) is 76.3. The van der Waals surface area contributed by atoms with Crippen LogP contribution < -0.4 is 5.32 Å². The van der Waals surface area contributed by atoms with Crippen LogP contribution in [0, 0.1) is 0 Å². The first-order valence-electron chi connectivity index (χ1n) is 39.4. The van der Waals surface area contributed by atoms with Gasteiger partial charge in [0.15, 0.2) is 0 Å². The van der Waals surface area contributed by atoms with Crippen molar-refractivity contribution in [3.8, 4) is 0 Å². The van der Waals surface area contributed by atoms with Gasteiger partial charge in [-0.2, -0.15) is 0 Å². The molecule has 2 unspecified atom stereocenters. The van der Waals surface area contributed by atoms with E-state index in [0.717, 1.165) is 51.4 Å². The maximum absolute atomic E-state index is 12.5. The molecule has 0 heterocycles. The van der Waals surface area contributed by atoms with Crippen molar-refractivity contribution < 1.29 is 24.5 Å². The summed E-state index contributed by atoms with van der Waals surface area (Å²) in [5.74, 6) is -0.0531. The van der Waals surface area contributed by atoms with E-state index in [1.807, 2.05) is 6.08 Å². The Bertz CT molecular complexity index is 1450. The number of hydrogen-bond acceptors (Lipinski definition) is 5. The van der Waals surface area contributed by atoms with Crippen LogP contribution in [-0.4, -0.2) is 47.4 Å². The molecular formula is C81H153NO5. The molecule has 0 fully saturated rings. The Kier molecular flexibility index (Phi) is 74.4. The number of carbonyl (C=O) groups excluding carboxylic acids is 2. The third kappa shape index (κ3) is 72.8. The first kappa shape index (κ1) is 84.8. The number of allylic oxidation sites excluding steroid dienone is 7. The van der Waals surface area contributed by atoms with Crippen LogP contribution in [0.4, 0.5) is 0 Å². The molecule has 0 rings (SSSR count). The van der Waals surface area contributed by atoms with Crippen molar-refractivity contribution in [2.75, 3.05) is 13.2 Å². The fourth-order valence-corrected chi connectivity index (χ4v) is 12.3. The van der Waals surface area contributed by atoms with Gasteiger partial charge in [0.25, 0.3) is 0 Å². The highest BCUT2D eigenvalue weighted by molar-refractivity contribution is 5.76. The second-order valence-corrected chi connectivity index (χ2v) is 27.0. The number of rotatable bonds is 74. The fourth-order valence-electron chi connectivity index (χ4n) is 12.3. The quantitative estimate of drug-likeness (QED) is 0.0320. The monoisotopic (exact) mass is 1220 g/mol. The molecule has 0 spiro atoms. The maximum Gasteiger partial charge on any atom is 0.305 e. The lowest BCUT2D eigenvalue weighted by molar-refractivity contribution is -0.143. The highest BCUT2D eigenvalue weighted by Gasteiger charge is 2.18. The van der Waals surface area contributed by atoms with Crippen LogP contribution in [0.1, 0.15) is 431 Å². The summed E-state index contributed by atoms with van der Waals surface area (Å²) in [7, 11) is 0. The number of amides is 1. The molecule has 512 valence electrons. The zero-order valence-electron chi connectivity index (χ0n) is 58.8. The molecule has 6 nitrogen and oxygen atoms in total. The Morgan fingerprint density at radius 1 is 0.322 bits per heavy atom. The Morgan fingerprint density at radius 2 is 0.598 bits per heavy atom. The van der Waals surface area contributed by atoms with Gasteiger partial charge < -0.3 is 20.3 Å². The van der Waals surface area contributed by atoms with Crippen LogP contribution >= 0.6 is 0 Å². The van der Waals surface area contributed by atoms with Gasteiger partial charge in [-0.05, 0) is 83.5 Å². The van der Waals surface area contributed by atoms with E-state index in [4.69, 9.17) is 4.74 Å². The Morgan fingerprint density at radius 3 is 0.931 bits per heavy atom. The largest absolute Gasteiger partial charge is 0.466 e. The molecule has 0 saturated heterocycles. The van der Waals surface area contributed by atoms with E-state index >= 15 is 0 Å². The lowest BCUT2D eigenvalue weighted by Crippen LogP contribution is -2.45. The van der Waals surface area contributed by atoms with Crippen molar-refractivity contribution in [1.82, 2.24) is 5.32 Å². The van der Waals surface area contributed by atoms with Crippen LogP contribution in [0.15, 0.2) is 48.6 Å². The molecule has 2 atom stereocenters. The number of ether oxygens (including phenoxy) is 1. The second-order valence-electron chi connectivity index (χ2n) is 27.0. The van der Waals surface area contributed by atoms with Gasteiger partial charge in [-0.3, -0.25) is 9.59 Å². The normalized spacial score (nSPS) is 12.7. The smallest absolute Gasteiger partial charge is 0.305 e. The standard InChI is InChI=1S/C81H153NO5/c1-3-5-7-9-11-13-15-17-18-19-43-46-50-53-57-61-65-69-73-79(84)78(77-83)82-80(85)74-70-66-62-58-54-51-47-44-41-39-37-35-33-31-29-27-25-23-21-20-22-24-26-28-30-32-34-36-38-40-42-45-48-52-56-60-64-68-72-76-87-81(86)75-71-67-63-59-55-49-16-14-12-10-8-6-4-2/h8,10,14,16,20-21,69,73,78-79,83-84H,3-7,9,11-13,15,17-19,22-68,70-72,74-77H2,1-2H3,(H,82,85)/b10-8-,16-14-,21-20-,73-69+. The van der Waals surface area contributed by atoms with E-state index in [-0.39, 0.29) is 18.5 Å². The maximum atomic E-state index is 12.5. The summed E-state index contributed by atoms with van der Waals surface area (Å²) < 4.78 is 5.48. The van der Waals surface area contributed by atoms with Gasteiger partial charge in [0.1, 0.15) is 0 Å². The molecule has 0 aliphatic carbocycles. The van der Waals surface area contributed by atoms with Crippen molar-refractivity contribution >= 4 is 11.9 Å². The molecule has 0 aliphatic heterocycles. The summed E-state index contributed by atoms with van der Waals surface area (Å²) in [6.45, 7) is 4.87. The highest BCUT2D eigenvalue weighted by Crippen LogP contribution is 2.19. The number of aliphatic hydroxyl groups excluding tert-OH is 2. The molecule has 0 aromatic rings. The predicted octanol–water partition coefficient (Wildman–Crippen LogP) is 26.0. The fraction of sp³-hybridized carbons (Fsp3) is 0.877. The van der Waals surface area contributed by atoms with Gasteiger partial charge in [-0.15, -0.1) is 0 Å². The highest BCUT2D eigenvalue weighted by atomic mass is 16.5. The summed E-state index contributed by atoms with van der Waals surface area (Å²) >= 11 is 0. The summed E-state index contributed by atoms with van der Waals surface area (Å²) in [6, 6.07) is -0.625. The van der Waals surface area contributed by atoms with Crippen LogP contribution in [-0.2, 0) is 14.3 Å². The molecule has 0 aliphatic rings. The summed E-state index contributed by atoms with van der Waals surface area (Å²) in [5, 5.41) is 23.2. The van der Waals surface area contributed by atoms with Crippen LogP contribution in [0.3, 0.4) is 0 Å². The minimum Gasteiger partial charge on any atom is -0.466 e. The Labute approximate surface area is 544 Å². The number of aliphatic hydroxyl groups is 2. The lowest BCUT2D eigenvalue weighted by atomic mass is 10.0. The third-order valence-corrected chi connectivity index (χ3v) is 18.3. The average molecular weight is 1220 g/mol. The van der Waals surface area contributed by atoms with Crippen LogP contribution in [0.5, 0.6) is 0 Å². The van der Waals surface area contributed by atoms with Crippen molar-refractivity contribution in [3.63, 3.8) is 0 Å². The van der Waals surface area contributed by atoms with Crippen molar-refractivity contribution in [1.29, 1.82) is 0 Å². The van der Waals surface area contributed by atoms with Crippen molar-refractivity contribution in [2.24, 2.45) is 0 Å². The topological polar surface area (TPSA) is 95.9 Å². The van der Waals surface area contributed by atoms with E-state index < -0.39 is 12.1 Å². The first-order chi connectivity index (χ1) is 43.0. The molecule has 0 aromatic heterocycles. The van der Waals surface area contributed by atoms with Crippen molar-refractivity contribution in [2.45, 2.75) is 443 Å². The van der Waals surface area contributed by atoms with Crippen LogP contribution in [0.2, 0.25) is 0 Å². The Hall–Kier alpha value is -2.18. The summed E-state index contributed by atoms with van der Waals surface area (Å²) in [5.41, 5.74) is 0. The van der Waals surface area contributed by atoms with E-state index in [2.05, 4.69) is 55.6 Å². The minimum atomic E-state index is -0.842. The minimum absolute atomic E-state index is 0.00709. The van der Waals surface area contributed by atoms with Crippen LogP contribution in [0.25, 0.3) is 0 Å². The Balaban J connectivity index is 3.34. The lowest BCUT2D eigenvalue weighted by Gasteiger charge is -2.20. The first-order valence-corrected chi connectivity index (χ1v) is 39.4. The van der Waals surface area contributed by atoms with Gasteiger partial charge in [-0.1, -0.05) is 383 Å². The van der Waals surface area contributed by atoms with E-state index in [9.17, 15) is 19.8 Å². The number of carbonyl (C=O) groups is 2. The number of nitrogens with one attached hydrogen (secondary N) is 1. The van der Waals surface area contributed by atoms with Gasteiger partial charge in [0.05, 0.1) is 25.4 Å². The van der Waals surface area contributed by atoms with Gasteiger partial charge >= 0.3 is 5.97 Å². The van der Waals surface area contributed by atoms with Gasteiger partial charge in [0.2, 0.25) is 5.91 Å².